The average molecular weight is 356 g/mol. The zero-order chi connectivity index (χ0) is 16.4. The summed E-state index contributed by atoms with van der Waals surface area (Å²) < 4.78 is 26.7. The van der Waals surface area contributed by atoms with Crippen LogP contribution in [0.15, 0.2) is 35.5 Å². The molecule has 3 rings (SSSR count). The van der Waals surface area contributed by atoms with E-state index in [0.717, 1.165) is 0 Å². The maximum Gasteiger partial charge on any atom is 0.245 e. The van der Waals surface area contributed by atoms with E-state index in [1.165, 1.54) is 34.9 Å². The number of aromatic amines is 1. The van der Waals surface area contributed by atoms with Crippen LogP contribution in [0.1, 0.15) is 12.8 Å². The smallest absolute Gasteiger partial charge is 0.245 e. The second-order valence-corrected chi connectivity index (χ2v) is 7.38. The van der Waals surface area contributed by atoms with Crippen molar-refractivity contribution in [3.8, 4) is 0 Å². The van der Waals surface area contributed by atoms with E-state index in [4.69, 9.17) is 11.6 Å². The van der Waals surface area contributed by atoms with Crippen molar-refractivity contribution in [3.05, 3.63) is 35.6 Å². The molecule has 1 aromatic carbocycles. The molecule has 10 heteroatoms. The highest BCUT2D eigenvalue weighted by Crippen LogP contribution is 2.27. The summed E-state index contributed by atoms with van der Waals surface area (Å²) in [6.45, 7) is 0.291. The summed E-state index contributed by atoms with van der Waals surface area (Å²) >= 11 is 5.79. The van der Waals surface area contributed by atoms with Crippen molar-refractivity contribution in [2.75, 3.05) is 11.9 Å². The molecule has 1 saturated heterocycles. The van der Waals surface area contributed by atoms with Crippen molar-refractivity contribution in [3.63, 3.8) is 0 Å². The first-order valence-corrected chi connectivity index (χ1v) is 8.74. The Morgan fingerprint density at radius 2 is 2.09 bits per heavy atom. The number of nitrogens with one attached hydrogen (secondary N) is 2. The molecule has 122 valence electrons. The van der Waals surface area contributed by atoms with Crippen LogP contribution in [0.3, 0.4) is 0 Å². The number of aromatic nitrogens is 3. The third-order valence-corrected chi connectivity index (χ3v) is 5.76. The minimum atomic E-state index is -3.76. The van der Waals surface area contributed by atoms with Gasteiger partial charge in [-0.15, -0.1) is 0 Å². The van der Waals surface area contributed by atoms with E-state index in [1.807, 2.05) is 0 Å². The lowest BCUT2D eigenvalue weighted by Gasteiger charge is -2.23. The van der Waals surface area contributed by atoms with Crippen LogP contribution < -0.4 is 5.32 Å². The summed E-state index contributed by atoms with van der Waals surface area (Å²) in [5.41, 5.74) is 0. The van der Waals surface area contributed by atoms with Crippen molar-refractivity contribution in [2.24, 2.45) is 0 Å². The van der Waals surface area contributed by atoms with Crippen LogP contribution in [0.2, 0.25) is 5.02 Å². The van der Waals surface area contributed by atoms with Crippen LogP contribution in [0, 0.1) is 0 Å². The molecule has 0 saturated carbocycles. The summed E-state index contributed by atoms with van der Waals surface area (Å²) in [4.78, 5) is 16.2. The fourth-order valence-electron chi connectivity index (χ4n) is 2.50. The van der Waals surface area contributed by atoms with Gasteiger partial charge < -0.3 is 0 Å². The molecule has 0 spiro atoms. The summed E-state index contributed by atoms with van der Waals surface area (Å²) in [5.74, 6) is -0.248. The minimum absolute atomic E-state index is 0.112. The number of anilines is 1. The van der Waals surface area contributed by atoms with Gasteiger partial charge in [-0.3, -0.25) is 10.1 Å². The monoisotopic (exact) mass is 355 g/mol. The number of H-pyrrole nitrogens is 1. The normalized spacial score (nSPS) is 18.9. The topological polar surface area (TPSA) is 108 Å². The Hall–Kier alpha value is -1.97. The first-order chi connectivity index (χ1) is 11.0. The van der Waals surface area contributed by atoms with E-state index in [-0.39, 0.29) is 10.8 Å². The third kappa shape index (κ3) is 3.21. The Morgan fingerprint density at radius 3 is 2.74 bits per heavy atom. The van der Waals surface area contributed by atoms with E-state index >= 15 is 0 Å². The highest BCUT2D eigenvalue weighted by Gasteiger charge is 2.39. The number of nitrogens with zero attached hydrogens (tertiary/aromatic N) is 3. The van der Waals surface area contributed by atoms with Crippen LogP contribution in [0.5, 0.6) is 0 Å². The predicted molar refractivity (Wildman–Crippen MR) is 83.4 cm³/mol. The van der Waals surface area contributed by atoms with Crippen LogP contribution in [-0.2, 0) is 14.8 Å². The summed E-state index contributed by atoms with van der Waals surface area (Å²) in [5, 5.41) is 9.12. The molecule has 0 unspecified atom stereocenters. The SMILES string of the molecule is O=C(Nc1ncn[nH]1)[C@H]1CCCN1S(=O)(=O)c1ccc(Cl)cc1. The third-order valence-electron chi connectivity index (χ3n) is 3.58. The summed E-state index contributed by atoms with van der Waals surface area (Å²) in [6.07, 6.45) is 2.32. The van der Waals surface area contributed by atoms with Gasteiger partial charge in [0.2, 0.25) is 21.9 Å². The zero-order valence-electron chi connectivity index (χ0n) is 11.9. The highest BCUT2D eigenvalue weighted by atomic mass is 35.5. The van der Waals surface area contributed by atoms with Gasteiger partial charge >= 0.3 is 0 Å². The molecule has 1 amide bonds. The van der Waals surface area contributed by atoms with Crippen LogP contribution >= 0.6 is 11.6 Å². The first-order valence-electron chi connectivity index (χ1n) is 6.92. The maximum absolute atomic E-state index is 12.7. The van der Waals surface area contributed by atoms with Crippen molar-refractivity contribution < 1.29 is 13.2 Å². The van der Waals surface area contributed by atoms with Gasteiger partial charge in [-0.2, -0.15) is 14.4 Å². The van der Waals surface area contributed by atoms with E-state index in [1.54, 1.807) is 0 Å². The fraction of sp³-hybridized carbons (Fsp3) is 0.308. The molecule has 1 aliphatic rings. The molecule has 0 aliphatic carbocycles. The van der Waals surface area contributed by atoms with Gasteiger partial charge in [0.15, 0.2) is 0 Å². The quantitative estimate of drug-likeness (QED) is 0.858. The van der Waals surface area contributed by atoms with Crippen molar-refractivity contribution in [1.82, 2.24) is 19.5 Å². The Balaban J connectivity index is 1.83. The minimum Gasteiger partial charge on any atom is -0.294 e. The molecule has 1 aliphatic heterocycles. The maximum atomic E-state index is 12.7. The van der Waals surface area contributed by atoms with Crippen LogP contribution in [-0.4, -0.2) is 46.4 Å². The number of benzene rings is 1. The van der Waals surface area contributed by atoms with Gasteiger partial charge in [-0.05, 0) is 37.1 Å². The number of sulfonamides is 1. The van der Waals surface area contributed by atoms with E-state index in [9.17, 15) is 13.2 Å². The Morgan fingerprint density at radius 1 is 1.35 bits per heavy atom. The molecular formula is C13H14ClN5O3S. The number of halogens is 1. The molecule has 2 N–H and O–H groups in total. The number of hydrogen-bond donors (Lipinski definition) is 2. The Labute approximate surface area is 137 Å². The molecule has 8 nitrogen and oxygen atoms in total. The number of carbonyl (C=O) groups is 1. The second-order valence-electron chi connectivity index (χ2n) is 5.05. The number of hydrogen-bond acceptors (Lipinski definition) is 5. The standard InChI is InChI=1S/C13H14ClN5O3S/c14-9-3-5-10(6-4-9)23(21,22)19-7-1-2-11(19)12(20)17-13-15-8-16-18-13/h3-6,8,11H,1-2,7H2,(H2,15,16,17,18,20)/t11-/m1/s1. The van der Waals surface area contributed by atoms with Crippen LogP contribution in [0.4, 0.5) is 5.95 Å². The van der Waals surface area contributed by atoms with Crippen molar-refractivity contribution >= 4 is 33.5 Å². The molecule has 0 radical (unpaired) electrons. The number of carbonyl (C=O) groups excluding carboxylic acids is 1. The predicted octanol–water partition coefficient (Wildman–Crippen LogP) is 1.25. The van der Waals surface area contributed by atoms with Gasteiger partial charge in [0.25, 0.3) is 0 Å². The molecule has 1 fully saturated rings. The van der Waals surface area contributed by atoms with Gasteiger partial charge in [-0.1, -0.05) is 11.6 Å². The zero-order valence-corrected chi connectivity index (χ0v) is 13.5. The van der Waals surface area contributed by atoms with Gasteiger partial charge in [0, 0.05) is 11.6 Å². The number of rotatable bonds is 4. The van der Waals surface area contributed by atoms with Gasteiger partial charge in [0.1, 0.15) is 12.4 Å². The van der Waals surface area contributed by atoms with E-state index in [0.29, 0.717) is 24.4 Å². The molecule has 2 heterocycles. The van der Waals surface area contributed by atoms with Crippen LogP contribution in [0.25, 0.3) is 0 Å². The molecule has 23 heavy (non-hydrogen) atoms. The van der Waals surface area contributed by atoms with Crippen molar-refractivity contribution in [1.29, 1.82) is 0 Å². The molecule has 0 bridgehead atoms. The number of amides is 1. The average Bonchev–Trinajstić information content (AvgIpc) is 3.19. The lowest BCUT2D eigenvalue weighted by atomic mass is 10.2. The molecule has 2 aromatic rings. The van der Waals surface area contributed by atoms with Crippen molar-refractivity contribution in [2.45, 2.75) is 23.8 Å². The van der Waals surface area contributed by atoms with Gasteiger partial charge in [-0.25, -0.2) is 13.5 Å². The van der Waals surface area contributed by atoms with Gasteiger partial charge in [0.05, 0.1) is 4.90 Å². The summed E-state index contributed by atoms with van der Waals surface area (Å²) in [6, 6.07) is 5.10. The van der Waals surface area contributed by atoms with E-state index in [2.05, 4.69) is 20.5 Å². The lowest BCUT2D eigenvalue weighted by molar-refractivity contribution is -0.119. The Bertz CT molecular complexity index is 792. The van der Waals surface area contributed by atoms with E-state index < -0.39 is 22.0 Å². The summed E-state index contributed by atoms with van der Waals surface area (Å²) in [7, 11) is -3.76. The molecular weight excluding hydrogens is 342 g/mol. The first kappa shape index (κ1) is 15.9. The second kappa shape index (κ2) is 6.26. The molecule has 1 atom stereocenters. The highest BCUT2D eigenvalue weighted by molar-refractivity contribution is 7.89. The molecule has 1 aromatic heterocycles. The Kier molecular flexibility index (Phi) is 4.33. The lowest BCUT2D eigenvalue weighted by Crippen LogP contribution is -2.43. The largest absolute Gasteiger partial charge is 0.294 e. The fourth-order valence-corrected chi connectivity index (χ4v) is 4.28.